The third kappa shape index (κ3) is 3.78. The van der Waals surface area contributed by atoms with Crippen LogP contribution in [0.25, 0.3) is 0 Å². The van der Waals surface area contributed by atoms with Gasteiger partial charge in [0.25, 0.3) is 0 Å². The Hall–Kier alpha value is -0.903. The molecule has 0 unspecified atom stereocenters. The zero-order valence-corrected chi connectivity index (χ0v) is 16.2. The lowest BCUT2D eigenvalue weighted by molar-refractivity contribution is 0.125. The number of rotatable bonds is 4. The van der Waals surface area contributed by atoms with Crippen LogP contribution in [0.3, 0.4) is 0 Å². The number of hydrogen-bond acceptors (Lipinski definition) is 2. The van der Waals surface area contributed by atoms with E-state index in [1.807, 2.05) is 0 Å². The van der Waals surface area contributed by atoms with Gasteiger partial charge in [0.05, 0.1) is 0 Å². The number of nitrogens with one attached hydrogen (secondary N) is 1. The lowest BCUT2D eigenvalue weighted by Crippen LogP contribution is -2.50. The fourth-order valence-electron chi connectivity index (χ4n) is 3.49. The molecule has 0 aromatic heterocycles. The van der Waals surface area contributed by atoms with E-state index in [0.717, 1.165) is 19.3 Å². The SMILES string of the molecule is CC(C)(C)[Si](C)(C)O[C@H]1C[C@H]2C=C(Cc3ccccc3)[C@@H](C1)N2. The molecule has 1 fully saturated rings. The van der Waals surface area contributed by atoms with Gasteiger partial charge in [-0.15, -0.1) is 0 Å². The van der Waals surface area contributed by atoms with Crippen molar-refractivity contribution in [3.05, 3.63) is 47.5 Å². The van der Waals surface area contributed by atoms with Crippen molar-refractivity contribution in [2.75, 3.05) is 0 Å². The van der Waals surface area contributed by atoms with Gasteiger partial charge in [0, 0.05) is 18.2 Å². The average Bonchev–Trinajstić information content (AvgIpc) is 2.72. The average molecular weight is 330 g/mol. The van der Waals surface area contributed by atoms with Crippen molar-refractivity contribution in [1.29, 1.82) is 0 Å². The Labute approximate surface area is 142 Å². The molecule has 3 heteroatoms. The second-order valence-corrected chi connectivity index (χ2v) is 13.5. The maximum atomic E-state index is 6.69. The molecule has 2 bridgehead atoms. The maximum absolute atomic E-state index is 6.69. The van der Waals surface area contributed by atoms with Crippen molar-refractivity contribution in [3.8, 4) is 0 Å². The van der Waals surface area contributed by atoms with E-state index in [4.69, 9.17) is 4.43 Å². The molecule has 3 rings (SSSR count). The molecule has 1 aromatic rings. The maximum Gasteiger partial charge on any atom is 0.192 e. The Morgan fingerprint density at radius 2 is 1.83 bits per heavy atom. The van der Waals surface area contributed by atoms with Crippen molar-refractivity contribution >= 4 is 8.32 Å². The van der Waals surface area contributed by atoms with E-state index in [9.17, 15) is 0 Å². The third-order valence-electron chi connectivity index (χ3n) is 5.81. The standard InChI is InChI=1S/C20H31NOSi/c1-20(2,3)23(4,5)22-18-13-17-12-16(19(14-18)21-17)11-15-9-7-6-8-10-15/h6-10,12,17-19,21H,11,13-14H2,1-5H3/t17-,18+,19-/m1/s1. The second-order valence-electron chi connectivity index (χ2n) is 8.70. The lowest BCUT2D eigenvalue weighted by atomic mass is 9.96. The van der Waals surface area contributed by atoms with Crippen LogP contribution in [0.1, 0.15) is 39.2 Å². The summed E-state index contributed by atoms with van der Waals surface area (Å²) in [5.74, 6) is 0. The molecule has 3 atom stereocenters. The molecule has 1 saturated heterocycles. The minimum Gasteiger partial charge on any atom is -0.414 e. The fourth-order valence-corrected chi connectivity index (χ4v) is 4.87. The van der Waals surface area contributed by atoms with Gasteiger partial charge >= 0.3 is 0 Å². The van der Waals surface area contributed by atoms with Crippen LogP contribution >= 0.6 is 0 Å². The summed E-state index contributed by atoms with van der Waals surface area (Å²) >= 11 is 0. The smallest absolute Gasteiger partial charge is 0.192 e. The normalized spacial score (nSPS) is 27.9. The van der Waals surface area contributed by atoms with Crippen LogP contribution in [0.4, 0.5) is 0 Å². The highest BCUT2D eigenvalue weighted by Crippen LogP contribution is 2.40. The van der Waals surface area contributed by atoms with E-state index in [-0.39, 0.29) is 5.04 Å². The Bertz CT molecular complexity index is 573. The summed E-state index contributed by atoms with van der Waals surface area (Å²) in [6, 6.07) is 11.8. The summed E-state index contributed by atoms with van der Waals surface area (Å²) in [6.07, 6.45) is 6.20. The molecule has 0 spiro atoms. The van der Waals surface area contributed by atoms with Crippen molar-refractivity contribution in [3.63, 3.8) is 0 Å². The van der Waals surface area contributed by atoms with E-state index < -0.39 is 8.32 Å². The molecule has 2 aliphatic heterocycles. The molecule has 1 N–H and O–H groups in total. The summed E-state index contributed by atoms with van der Waals surface area (Å²) in [5.41, 5.74) is 2.97. The Balaban J connectivity index is 1.64. The monoisotopic (exact) mass is 329 g/mol. The Morgan fingerprint density at radius 1 is 1.13 bits per heavy atom. The van der Waals surface area contributed by atoms with Crippen LogP contribution in [-0.2, 0) is 10.8 Å². The van der Waals surface area contributed by atoms with Gasteiger partial charge in [0.2, 0.25) is 0 Å². The summed E-state index contributed by atoms with van der Waals surface area (Å²) < 4.78 is 6.69. The first-order valence-corrected chi connectivity index (χ1v) is 11.8. The molecule has 2 aliphatic rings. The minimum absolute atomic E-state index is 0.289. The van der Waals surface area contributed by atoms with Crippen LogP contribution in [0, 0.1) is 0 Å². The lowest BCUT2D eigenvalue weighted by Gasteiger charge is -2.42. The molecule has 0 amide bonds. The molecule has 1 aromatic carbocycles. The molecular formula is C20H31NOSi. The third-order valence-corrected chi connectivity index (χ3v) is 10.3. The van der Waals surface area contributed by atoms with Gasteiger partial charge in [-0.1, -0.05) is 62.8 Å². The molecule has 23 heavy (non-hydrogen) atoms. The topological polar surface area (TPSA) is 21.3 Å². The van der Waals surface area contributed by atoms with Crippen LogP contribution in [0.5, 0.6) is 0 Å². The van der Waals surface area contributed by atoms with Crippen molar-refractivity contribution in [1.82, 2.24) is 5.32 Å². The number of fused-ring (bicyclic) bond motifs is 2. The first-order valence-electron chi connectivity index (χ1n) is 8.93. The molecule has 2 heterocycles. The minimum atomic E-state index is -1.67. The summed E-state index contributed by atoms with van der Waals surface area (Å²) in [5, 5.41) is 4.05. The van der Waals surface area contributed by atoms with E-state index in [1.165, 1.54) is 5.56 Å². The predicted octanol–water partition coefficient (Wildman–Crippen LogP) is 4.68. The van der Waals surface area contributed by atoms with Gasteiger partial charge < -0.3 is 9.74 Å². The molecule has 0 radical (unpaired) electrons. The highest BCUT2D eigenvalue weighted by molar-refractivity contribution is 6.74. The summed E-state index contributed by atoms with van der Waals surface area (Å²) in [4.78, 5) is 0. The highest BCUT2D eigenvalue weighted by atomic mass is 28.4. The van der Waals surface area contributed by atoms with Crippen LogP contribution in [0.15, 0.2) is 42.0 Å². The molecule has 0 aliphatic carbocycles. The highest BCUT2D eigenvalue weighted by Gasteiger charge is 2.42. The molecular weight excluding hydrogens is 298 g/mol. The van der Waals surface area contributed by atoms with Crippen molar-refractivity contribution in [2.24, 2.45) is 0 Å². The zero-order chi connectivity index (χ0) is 16.7. The first kappa shape index (κ1) is 16.9. The molecule has 2 nitrogen and oxygen atoms in total. The van der Waals surface area contributed by atoms with Crippen molar-refractivity contribution < 1.29 is 4.43 Å². The fraction of sp³-hybridized carbons (Fsp3) is 0.600. The molecule has 0 saturated carbocycles. The summed E-state index contributed by atoms with van der Waals surface area (Å²) in [7, 11) is -1.67. The van der Waals surface area contributed by atoms with Gasteiger partial charge in [-0.2, -0.15) is 0 Å². The van der Waals surface area contributed by atoms with Crippen LogP contribution in [-0.4, -0.2) is 26.5 Å². The molecule has 126 valence electrons. The predicted molar refractivity (Wildman–Crippen MR) is 100 cm³/mol. The Kier molecular flexibility index (Phi) is 4.56. The Morgan fingerprint density at radius 3 is 2.48 bits per heavy atom. The van der Waals surface area contributed by atoms with E-state index in [0.29, 0.717) is 18.2 Å². The largest absolute Gasteiger partial charge is 0.414 e. The van der Waals surface area contributed by atoms with Gasteiger partial charge in [-0.05, 0) is 43.0 Å². The van der Waals surface area contributed by atoms with Gasteiger partial charge in [-0.3, -0.25) is 0 Å². The number of benzene rings is 1. The first-order chi connectivity index (χ1) is 10.7. The summed E-state index contributed by atoms with van der Waals surface area (Å²) in [6.45, 7) is 11.7. The second kappa shape index (κ2) is 6.19. The number of hydrogen-bond donors (Lipinski definition) is 1. The van der Waals surface area contributed by atoms with Gasteiger partial charge in [0.15, 0.2) is 8.32 Å². The van der Waals surface area contributed by atoms with E-state index in [2.05, 4.69) is 75.6 Å². The number of piperidine rings is 1. The van der Waals surface area contributed by atoms with Crippen LogP contribution < -0.4 is 5.32 Å². The zero-order valence-electron chi connectivity index (χ0n) is 15.2. The van der Waals surface area contributed by atoms with Crippen molar-refractivity contribution in [2.45, 2.75) is 76.4 Å². The quantitative estimate of drug-likeness (QED) is 0.639. The van der Waals surface area contributed by atoms with E-state index >= 15 is 0 Å². The van der Waals surface area contributed by atoms with Crippen LogP contribution in [0.2, 0.25) is 18.1 Å². The van der Waals surface area contributed by atoms with Gasteiger partial charge in [0.1, 0.15) is 0 Å². The van der Waals surface area contributed by atoms with Gasteiger partial charge in [-0.25, -0.2) is 0 Å². The van der Waals surface area contributed by atoms with E-state index in [1.54, 1.807) is 5.57 Å².